The Morgan fingerprint density at radius 2 is 2.06 bits per heavy atom. The number of nitrogens with zero attached hydrogens (tertiary/aromatic N) is 1. The van der Waals surface area contributed by atoms with Crippen LogP contribution in [0.1, 0.15) is 25.7 Å². The minimum absolute atomic E-state index is 0.369. The third-order valence-electron chi connectivity index (χ3n) is 4.10. The second kappa shape index (κ2) is 6.69. The molecule has 1 atom stereocenters. The highest BCUT2D eigenvalue weighted by molar-refractivity contribution is 4.81. The molecule has 1 aliphatic carbocycles. The topological polar surface area (TPSA) is 33.7 Å². The standard InChI is InChI=1S/C13H26N2O2/c1-15(10-13-9-14-7-8-17-13)11-3-5-12(16-2)6-4-11/h11-14H,3-10H2,1-2H3. The second-order valence-corrected chi connectivity index (χ2v) is 5.30. The summed E-state index contributed by atoms with van der Waals surface area (Å²) >= 11 is 0. The molecule has 1 N–H and O–H groups in total. The summed E-state index contributed by atoms with van der Waals surface area (Å²) in [6.45, 7) is 3.90. The zero-order chi connectivity index (χ0) is 12.1. The maximum absolute atomic E-state index is 5.75. The van der Waals surface area contributed by atoms with Crippen molar-refractivity contribution in [1.82, 2.24) is 10.2 Å². The van der Waals surface area contributed by atoms with Gasteiger partial charge in [-0.05, 0) is 32.7 Å². The molecule has 1 saturated heterocycles. The quantitative estimate of drug-likeness (QED) is 0.793. The van der Waals surface area contributed by atoms with Crippen molar-refractivity contribution in [3.63, 3.8) is 0 Å². The van der Waals surface area contributed by atoms with Gasteiger partial charge in [0.1, 0.15) is 0 Å². The molecule has 0 aromatic heterocycles. The Balaban J connectivity index is 1.70. The predicted molar refractivity (Wildman–Crippen MR) is 68.3 cm³/mol. The molecule has 2 aliphatic rings. The van der Waals surface area contributed by atoms with Crippen molar-refractivity contribution >= 4 is 0 Å². The molecule has 17 heavy (non-hydrogen) atoms. The molecule has 2 rings (SSSR count). The van der Waals surface area contributed by atoms with Gasteiger partial charge < -0.3 is 19.7 Å². The summed E-state index contributed by atoms with van der Waals surface area (Å²) in [6.07, 6.45) is 5.79. The van der Waals surface area contributed by atoms with Gasteiger partial charge in [-0.2, -0.15) is 0 Å². The fourth-order valence-corrected chi connectivity index (χ4v) is 2.93. The number of nitrogens with one attached hydrogen (secondary N) is 1. The van der Waals surface area contributed by atoms with E-state index >= 15 is 0 Å². The Labute approximate surface area is 105 Å². The average molecular weight is 242 g/mol. The van der Waals surface area contributed by atoms with Crippen molar-refractivity contribution in [2.24, 2.45) is 0 Å². The summed E-state index contributed by atoms with van der Waals surface area (Å²) in [6, 6.07) is 0.715. The maximum atomic E-state index is 5.75. The van der Waals surface area contributed by atoms with E-state index in [2.05, 4.69) is 17.3 Å². The van der Waals surface area contributed by atoms with Gasteiger partial charge in [0.15, 0.2) is 0 Å². The zero-order valence-electron chi connectivity index (χ0n) is 11.2. The molecule has 0 spiro atoms. The van der Waals surface area contributed by atoms with Crippen LogP contribution in [0, 0.1) is 0 Å². The van der Waals surface area contributed by atoms with Crippen LogP contribution in [0.5, 0.6) is 0 Å². The third kappa shape index (κ3) is 3.91. The number of morpholine rings is 1. The molecular formula is C13H26N2O2. The third-order valence-corrected chi connectivity index (χ3v) is 4.10. The summed E-state index contributed by atoms with van der Waals surface area (Å²) in [7, 11) is 4.06. The van der Waals surface area contributed by atoms with Gasteiger partial charge in [-0.15, -0.1) is 0 Å². The number of hydrogen-bond acceptors (Lipinski definition) is 4. The SMILES string of the molecule is COC1CCC(N(C)CC2CNCCO2)CC1. The van der Waals surface area contributed by atoms with Crippen molar-refractivity contribution in [1.29, 1.82) is 0 Å². The first kappa shape index (κ1) is 13.3. The summed E-state index contributed by atoms with van der Waals surface area (Å²) in [5, 5.41) is 3.39. The fourth-order valence-electron chi connectivity index (χ4n) is 2.93. The van der Waals surface area contributed by atoms with Gasteiger partial charge in [-0.25, -0.2) is 0 Å². The lowest BCUT2D eigenvalue weighted by molar-refractivity contribution is -0.00901. The van der Waals surface area contributed by atoms with E-state index in [1.54, 1.807) is 0 Å². The monoisotopic (exact) mass is 242 g/mol. The van der Waals surface area contributed by atoms with Crippen LogP contribution in [-0.2, 0) is 9.47 Å². The van der Waals surface area contributed by atoms with Gasteiger partial charge in [0.2, 0.25) is 0 Å². The summed E-state index contributed by atoms with van der Waals surface area (Å²) in [5.41, 5.74) is 0. The van der Waals surface area contributed by atoms with Crippen molar-refractivity contribution in [2.75, 3.05) is 40.4 Å². The van der Waals surface area contributed by atoms with E-state index in [0.29, 0.717) is 18.2 Å². The van der Waals surface area contributed by atoms with Crippen LogP contribution < -0.4 is 5.32 Å². The van der Waals surface area contributed by atoms with E-state index in [9.17, 15) is 0 Å². The van der Waals surface area contributed by atoms with Gasteiger partial charge in [0, 0.05) is 32.8 Å². The van der Waals surface area contributed by atoms with Crippen LogP contribution in [0.3, 0.4) is 0 Å². The van der Waals surface area contributed by atoms with Crippen LogP contribution in [-0.4, -0.2) is 63.5 Å². The van der Waals surface area contributed by atoms with Crippen LogP contribution in [0.4, 0.5) is 0 Å². The predicted octanol–water partition coefficient (Wildman–Crippen LogP) is 0.864. The Kier molecular flexibility index (Phi) is 5.22. The lowest BCUT2D eigenvalue weighted by Gasteiger charge is -2.36. The highest BCUT2D eigenvalue weighted by Crippen LogP contribution is 2.24. The minimum atomic E-state index is 0.369. The number of rotatable bonds is 4. The summed E-state index contributed by atoms with van der Waals surface area (Å²) in [5.74, 6) is 0. The van der Waals surface area contributed by atoms with E-state index in [0.717, 1.165) is 26.2 Å². The van der Waals surface area contributed by atoms with Crippen LogP contribution in [0.25, 0.3) is 0 Å². The molecule has 2 fully saturated rings. The number of likely N-dealkylation sites (N-methyl/N-ethyl adjacent to an activating group) is 1. The number of hydrogen-bond donors (Lipinski definition) is 1. The minimum Gasteiger partial charge on any atom is -0.381 e. The van der Waals surface area contributed by atoms with Gasteiger partial charge in [0.05, 0.1) is 18.8 Å². The van der Waals surface area contributed by atoms with Crippen LogP contribution >= 0.6 is 0 Å². The Morgan fingerprint density at radius 1 is 1.29 bits per heavy atom. The lowest BCUT2D eigenvalue weighted by atomic mass is 9.92. The van der Waals surface area contributed by atoms with Crippen molar-refractivity contribution in [3.8, 4) is 0 Å². The molecule has 0 amide bonds. The lowest BCUT2D eigenvalue weighted by Crippen LogP contribution is -2.47. The van der Waals surface area contributed by atoms with Gasteiger partial charge in [0.25, 0.3) is 0 Å². The highest BCUT2D eigenvalue weighted by Gasteiger charge is 2.25. The normalized spacial score (nSPS) is 35.1. The summed E-state index contributed by atoms with van der Waals surface area (Å²) < 4.78 is 11.2. The molecule has 1 saturated carbocycles. The van der Waals surface area contributed by atoms with Gasteiger partial charge >= 0.3 is 0 Å². The van der Waals surface area contributed by atoms with Gasteiger partial charge in [-0.1, -0.05) is 0 Å². The molecule has 1 aliphatic heterocycles. The molecule has 4 heteroatoms. The van der Waals surface area contributed by atoms with E-state index < -0.39 is 0 Å². The van der Waals surface area contributed by atoms with Crippen molar-refractivity contribution in [3.05, 3.63) is 0 Å². The average Bonchev–Trinajstić information content (AvgIpc) is 2.40. The van der Waals surface area contributed by atoms with Crippen LogP contribution in [0.15, 0.2) is 0 Å². The maximum Gasteiger partial charge on any atom is 0.0826 e. The second-order valence-electron chi connectivity index (χ2n) is 5.30. The molecule has 0 bridgehead atoms. The molecule has 0 radical (unpaired) electrons. The number of methoxy groups -OCH3 is 1. The Morgan fingerprint density at radius 3 is 2.65 bits per heavy atom. The summed E-state index contributed by atoms with van der Waals surface area (Å²) in [4.78, 5) is 2.48. The smallest absolute Gasteiger partial charge is 0.0826 e. The Hall–Kier alpha value is -0.160. The van der Waals surface area contributed by atoms with Crippen molar-refractivity contribution in [2.45, 2.75) is 43.9 Å². The highest BCUT2D eigenvalue weighted by atomic mass is 16.5. The first-order valence-corrected chi connectivity index (χ1v) is 6.85. The van der Waals surface area contributed by atoms with E-state index in [4.69, 9.17) is 9.47 Å². The van der Waals surface area contributed by atoms with Crippen LogP contribution in [0.2, 0.25) is 0 Å². The first-order valence-electron chi connectivity index (χ1n) is 6.85. The van der Waals surface area contributed by atoms with Gasteiger partial charge in [-0.3, -0.25) is 0 Å². The number of ether oxygens (including phenoxy) is 2. The molecule has 4 nitrogen and oxygen atoms in total. The fraction of sp³-hybridized carbons (Fsp3) is 1.00. The van der Waals surface area contributed by atoms with E-state index in [1.807, 2.05) is 7.11 Å². The first-order chi connectivity index (χ1) is 8.29. The molecule has 0 aromatic rings. The Bertz CT molecular complexity index is 211. The van der Waals surface area contributed by atoms with E-state index in [-0.39, 0.29) is 0 Å². The zero-order valence-corrected chi connectivity index (χ0v) is 11.2. The molecule has 1 unspecified atom stereocenters. The van der Waals surface area contributed by atoms with E-state index in [1.165, 1.54) is 25.7 Å². The molecule has 1 heterocycles. The molecule has 0 aromatic carbocycles. The molecule has 100 valence electrons. The largest absolute Gasteiger partial charge is 0.381 e. The van der Waals surface area contributed by atoms with Crippen molar-refractivity contribution < 1.29 is 9.47 Å². The molecular weight excluding hydrogens is 216 g/mol.